The molecular formula is C11H8BrN3S. The Hall–Kier alpha value is -1.20. The number of halogens is 1. The van der Waals surface area contributed by atoms with Crippen molar-refractivity contribution < 1.29 is 0 Å². The van der Waals surface area contributed by atoms with E-state index in [0.29, 0.717) is 0 Å². The molecule has 3 nitrogen and oxygen atoms in total. The lowest BCUT2D eigenvalue weighted by Gasteiger charge is -1.97. The van der Waals surface area contributed by atoms with Gasteiger partial charge in [0, 0.05) is 6.20 Å². The van der Waals surface area contributed by atoms with E-state index < -0.39 is 0 Å². The first-order valence-corrected chi connectivity index (χ1v) is 6.42. The summed E-state index contributed by atoms with van der Waals surface area (Å²) in [7, 11) is 0. The van der Waals surface area contributed by atoms with Crippen LogP contribution in [-0.4, -0.2) is 14.6 Å². The first-order chi connectivity index (χ1) is 7.74. The molecule has 0 aliphatic carbocycles. The number of rotatable bonds is 1. The zero-order valence-electron chi connectivity index (χ0n) is 8.51. The Morgan fingerprint density at radius 1 is 1.19 bits per heavy atom. The predicted molar refractivity (Wildman–Crippen MR) is 68.7 cm³/mol. The van der Waals surface area contributed by atoms with E-state index in [0.717, 1.165) is 20.1 Å². The minimum atomic E-state index is 0.880. The molecule has 0 spiro atoms. The maximum absolute atomic E-state index is 4.22. The number of pyridine rings is 1. The molecule has 0 aliphatic rings. The quantitative estimate of drug-likeness (QED) is 0.687. The third kappa shape index (κ3) is 1.56. The lowest BCUT2D eigenvalue weighted by atomic mass is 10.3. The molecule has 0 unspecified atom stereocenters. The highest BCUT2D eigenvalue weighted by molar-refractivity contribution is 9.11. The van der Waals surface area contributed by atoms with Gasteiger partial charge in [0.2, 0.25) is 0 Å². The van der Waals surface area contributed by atoms with Crippen molar-refractivity contribution in [3.05, 3.63) is 39.8 Å². The summed E-state index contributed by atoms with van der Waals surface area (Å²) in [6.07, 6.45) is 2.05. The molecule has 0 saturated carbocycles. The molecular weight excluding hydrogens is 286 g/mol. The van der Waals surface area contributed by atoms with Crippen molar-refractivity contribution in [2.45, 2.75) is 6.92 Å². The van der Waals surface area contributed by atoms with E-state index in [1.807, 2.05) is 28.7 Å². The molecule has 5 heteroatoms. The Kier molecular flexibility index (Phi) is 2.29. The third-order valence-corrected chi connectivity index (χ3v) is 3.96. The lowest BCUT2D eigenvalue weighted by Crippen LogP contribution is -1.88. The first kappa shape index (κ1) is 9.99. The van der Waals surface area contributed by atoms with E-state index in [2.05, 4.69) is 39.2 Å². The van der Waals surface area contributed by atoms with Gasteiger partial charge in [0.25, 0.3) is 0 Å². The van der Waals surface area contributed by atoms with Crippen LogP contribution in [-0.2, 0) is 0 Å². The van der Waals surface area contributed by atoms with Gasteiger partial charge in [0.05, 0.1) is 8.66 Å². The average Bonchev–Trinajstić information content (AvgIpc) is 2.83. The molecule has 0 aromatic carbocycles. The van der Waals surface area contributed by atoms with Gasteiger partial charge in [0.15, 0.2) is 11.5 Å². The summed E-state index contributed by atoms with van der Waals surface area (Å²) in [6, 6.07) is 8.09. The van der Waals surface area contributed by atoms with Crippen molar-refractivity contribution in [3.63, 3.8) is 0 Å². The molecule has 3 aromatic heterocycles. The number of hydrogen-bond acceptors (Lipinski definition) is 3. The van der Waals surface area contributed by atoms with Gasteiger partial charge in [-0.25, -0.2) is 0 Å². The summed E-state index contributed by atoms with van der Waals surface area (Å²) in [5.74, 6) is 0.898. The molecule has 0 atom stereocenters. The van der Waals surface area contributed by atoms with Crippen LogP contribution in [0.25, 0.3) is 16.3 Å². The van der Waals surface area contributed by atoms with E-state index in [1.165, 1.54) is 5.56 Å². The maximum atomic E-state index is 4.22. The number of aromatic nitrogens is 3. The van der Waals surface area contributed by atoms with Gasteiger partial charge in [-0.2, -0.15) is 0 Å². The molecule has 3 aromatic rings. The average molecular weight is 294 g/mol. The van der Waals surface area contributed by atoms with Crippen molar-refractivity contribution in [1.82, 2.24) is 14.6 Å². The van der Waals surface area contributed by atoms with Gasteiger partial charge < -0.3 is 0 Å². The van der Waals surface area contributed by atoms with Crippen LogP contribution in [0.15, 0.2) is 34.2 Å². The van der Waals surface area contributed by atoms with Crippen LogP contribution in [0.4, 0.5) is 0 Å². The van der Waals surface area contributed by atoms with E-state index in [1.54, 1.807) is 11.3 Å². The summed E-state index contributed by atoms with van der Waals surface area (Å²) in [6.45, 7) is 2.06. The van der Waals surface area contributed by atoms with Gasteiger partial charge in [-0.1, -0.05) is 6.07 Å². The van der Waals surface area contributed by atoms with Crippen LogP contribution < -0.4 is 0 Å². The lowest BCUT2D eigenvalue weighted by molar-refractivity contribution is 1.11. The van der Waals surface area contributed by atoms with Crippen molar-refractivity contribution >= 4 is 32.9 Å². The van der Waals surface area contributed by atoms with Crippen LogP contribution in [0.2, 0.25) is 0 Å². The molecule has 16 heavy (non-hydrogen) atoms. The molecule has 80 valence electrons. The second-order valence-electron chi connectivity index (χ2n) is 3.56. The Morgan fingerprint density at radius 2 is 2.06 bits per heavy atom. The fourth-order valence-corrected chi connectivity index (χ4v) is 2.97. The Labute approximate surface area is 105 Å². The molecule has 0 N–H and O–H groups in total. The highest BCUT2D eigenvalue weighted by Gasteiger charge is 2.09. The fraction of sp³-hybridized carbons (Fsp3) is 0.0909. The molecule has 0 bridgehead atoms. The molecule has 3 rings (SSSR count). The molecule has 3 heterocycles. The molecule has 0 amide bonds. The maximum Gasteiger partial charge on any atom is 0.178 e. The zero-order chi connectivity index (χ0) is 11.1. The van der Waals surface area contributed by atoms with Crippen LogP contribution in [0, 0.1) is 6.92 Å². The second kappa shape index (κ2) is 3.68. The largest absolute Gasteiger partial charge is 0.281 e. The Morgan fingerprint density at radius 3 is 2.81 bits per heavy atom. The minimum Gasteiger partial charge on any atom is -0.281 e. The monoisotopic (exact) mass is 293 g/mol. The van der Waals surface area contributed by atoms with Gasteiger partial charge in [-0.3, -0.25) is 4.40 Å². The van der Waals surface area contributed by atoms with E-state index in [-0.39, 0.29) is 0 Å². The normalized spacial score (nSPS) is 11.1. The predicted octanol–water partition coefficient (Wildman–Crippen LogP) is 3.53. The standard InChI is InChI=1S/C11H8BrN3S/c1-7-2-5-10-13-14-11(15(10)6-7)8-3-4-9(12)16-8/h2-6H,1H3. The molecule has 0 fully saturated rings. The van der Waals surface area contributed by atoms with Gasteiger partial charge in [-0.15, -0.1) is 21.5 Å². The van der Waals surface area contributed by atoms with Crippen molar-refractivity contribution in [2.75, 3.05) is 0 Å². The van der Waals surface area contributed by atoms with E-state index >= 15 is 0 Å². The van der Waals surface area contributed by atoms with Gasteiger partial charge in [0.1, 0.15) is 0 Å². The summed E-state index contributed by atoms with van der Waals surface area (Å²) < 4.78 is 3.13. The van der Waals surface area contributed by atoms with Crippen molar-refractivity contribution in [3.8, 4) is 10.7 Å². The number of aryl methyl sites for hydroxylation is 1. The smallest absolute Gasteiger partial charge is 0.178 e. The van der Waals surface area contributed by atoms with Crippen LogP contribution >= 0.6 is 27.3 Å². The fourth-order valence-electron chi connectivity index (χ4n) is 1.60. The Balaban J connectivity index is 2.27. The topological polar surface area (TPSA) is 30.2 Å². The van der Waals surface area contributed by atoms with Gasteiger partial charge >= 0.3 is 0 Å². The number of thiophene rings is 1. The summed E-state index contributed by atoms with van der Waals surface area (Å²) in [5, 5.41) is 8.37. The minimum absolute atomic E-state index is 0.880. The third-order valence-electron chi connectivity index (χ3n) is 2.34. The van der Waals surface area contributed by atoms with Crippen molar-refractivity contribution in [1.29, 1.82) is 0 Å². The molecule has 0 radical (unpaired) electrons. The van der Waals surface area contributed by atoms with Crippen LogP contribution in [0.1, 0.15) is 5.56 Å². The first-order valence-electron chi connectivity index (χ1n) is 4.81. The molecule has 0 aliphatic heterocycles. The summed E-state index contributed by atoms with van der Waals surface area (Å²) >= 11 is 5.12. The number of fused-ring (bicyclic) bond motifs is 1. The SMILES string of the molecule is Cc1ccc2nnc(-c3ccc(Br)s3)n2c1. The number of hydrogen-bond donors (Lipinski definition) is 0. The van der Waals surface area contributed by atoms with Crippen molar-refractivity contribution in [2.24, 2.45) is 0 Å². The summed E-state index contributed by atoms with van der Waals surface area (Å²) in [4.78, 5) is 1.12. The second-order valence-corrected chi connectivity index (χ2v) is 6.03. The summed E-state index contributed by atoms with van der Waals surface area (Å²) in [5.41, 5.74) is 2.08. The zero-order valence-corrected chi connectivity index (χ0v) is 10.9. The van der Waals surface area contributed by atoms with E-state index in [9.17, 15) is 0 Å². The van der Waals surface area contributed by atoms with Crippen LogP contribution in [0.3, 0.4) is 0 Å². The highest BCUT2D eigenvalue weighted by atomic mass is 79.9. The molecule has 0 saturated heterocycles. The highest BCUT2D eigenvalue weighted by Crippen LogP contribution is 2.30. The van der Waals surface area contributed by atoms with E-state index in [4.69, 9.17) is 0 Å². The number of nitrogens with zero attached hydrogens (tertiary/aromatic N) is 3. The van der Waals surface area contributed by atoms with Crippen LogP contribution in [0.5, 0.6) is 0 Å². The van der Waals surface area contributed by atoms with Gasteiger partial charge in [-0.05, 0) is 46.6 Å². The Bertz CT molecular complexity index is 656.